The molecule has 0 bridgehead atoms. The quantitative estimate of drug-likeness (QED) is 0.659. The molecule has 0 aliphatic carbocycles. The van der Waals surface area contributed by atoms with E-state index in [1.54, 1.807) is 13.0 Å². The minimum Gasteiger partial charge on any atom is -0.462 e. The first-order valence-electron chi connectivity index (χ1n) is 7.75. The number of nitrogens with zero attached hydrogens (tertiary/aromatic N) is 3. The van der Waals surface area contributed by atoms with Gasteiger partial charge in [0.15, 0.2) is 0 Å². The minimum absolute atomic E-state index is 0.233. The fraction of sp³-hybridized carbons (Fsp3) is 0.158. The lowest BCUT2D eigenvalue weighted by atomic mass is 10.1. The lowest BCUT2D eigenvalue weighted by Crippen LogP contribution is -2.08. The molecular formula is C19H15N3O2S. The number of thiazole rings is 1. The van der Waals surface area contributed by atoms with Gasteiger partial charge in [0.25, 0.3) is 0 Å². The van der Waals surface area contributed by atoms with Crippen LogP contribution in [0.3, 0.4) is 0 Å². The number of esters is 1. The van der Waals surface area contributed by atoms with Gasteiger partial charge in [0, 0.05) is 10.4 Å². The predicted octanol–water partition coefficient (Wildman–Crippen LogP) is 4.23. The van der Waals surface area contributed by atoms with Crippen molar-refractivity contribution in [3.63, 3.8) is 0 Å². The minimum atomic E-state index is -0.469. The van der Waals surface area contributed by atoms with Crippen molar-refractivity contribution in [3.05, 3.63) is 58.6 Å². The van der Waals surface area contributed by atoms with Crippen LogP contribution in [-0.2, 0) is 4.74 Å². The van der Waals surface area contributed by atoms with E-state index >= 15 is 0 Å². The van der Waals surface area contributed by atoms with Crippen LogP contribution in [0.25, 0.3) is 22.0 Å². The van der Waals surface area contributed by atoms with E-state index in [9.17, 15) is 4.79 Å². The van der Waals surface area contributed by atoms with Crippen LogP contribution in [-0.4, -0.2) is 22.5 Å². The zero-order valence-electron chi connectivity index (χ0n) is 13.8. The summed E-state index contributed by atoms with van der Waals surface area (Å²) in [6.45, 7) is 3.94. The van der Waals surface area contributed by atoms with E-state index in [1.807, 2.05) is 43.3 Å². The Kier molecular flexibility index (Phi) is 4.87. The molecule has 2 aromatic heterocycles. The molecule has 0 radical (unpaired) electrons. The molecule has 0 saturated carbocycles. The number of nitriles is 1. The second kappa shape index (κ2) is 7.24. The van der Waals surface area contributed by atoms with Gasteiger partial charge in [0.2, 0.25) is 0 Å². The summed E-state index contributed by atoms with van der Waals surface area (Å²) in [5, 5.41) is 9.99. The van der Waals surface area contributed by atoms with Gasteiger partial charge in [-0.25, -0.2) is 14.8 Å². The standard InChI is InChI=1S/C19H15N3O2S/c1-3-24-19(23)15-10-9-14(11-20)21-17(15)16-12(2)25-18(22-16)13-7-5-4-6-8-13/h4-10H,3H2,1-2H3. The zero-order chi connectivity index (χ0) is 17.8. The first-order chi connectivity index (χ1) is 12.1. The number of hydrogen-bond donors (Lipinski definition) is 0. The number of aromatic nitrogens is 2. The van der Waals surface area contributed by atoms with Crippen molar-refractivity contribution in [3.8, 4) is 28.0 Å². The Morgan fingerprint density at radius 3 is 2.60 bits per heavy atom. The maximum atomic E-state index is 12.3. The number of aryl methyl sites for hydroxylation is 1. The molecule has 6 heteroatoms. The van der Waals surface area contributed by atoms with Gasteiger partial charge in [-0.05, 0) is 26.0 Å². The van der Waals surface area contributed by atoms with Gasteiger partial charge in [0.1, 0.15) is 28.2 Å². The normalized spacial score (nSPS) is 10.3. The van der Waals surface area contributed by atoms with Crippen molar-refractivity contribution in [1.29, 1.82) is 5.26 Å². The van der Waals surface area contributed by atoms with Gasteiger partial charge in [-0.15, -0.1) is 11.3 Å². The van der Waals surface area contributed by atoms with Gasteiger partial charge < -0.3 is 4.74 Å². The van der Waals surface area contributed by atoms with Gasteiger partial charge >= 0.3 is 5.97 Å². The van der Waals surface area contributed by atoms with Crippen LogP contribution < -0.4 is 0 Å². The summed E-state index contributed by atoms with van der Waals surface area (Å²) in [7, 11) is 0. The number of carbonyl (C=O) groups is 1. The van der Waals surface area contributed by atoms with Gasteiger partial charge in [-0.1, -0.05) is 30.3 Å². The lowest BCUT2D eigenvalue weighted by molar-refractivity contribution is 0.0527. The predicted molar refractivity (Wildman–Crippen MR) is 96.2 cm³/mol. The van der Waals surface area contributed by atoms with Crippen molar-refractivity contribution in [2.75, 3.05) is 6.61 Å². The molecular weight excluding hydrogens is 334 g/mol. The summed E-state index contributed by atoms with van der Waals surface area (Å²) >= 11 is 1.52. The van der Waals surface area contributed by atoms with Crippen molar-refractivity contribution in [2.24, 2.45) is 0 Å². The first kappa shape index (κ1) is 16.8. The molecule has 0 fully saturated rings. The third kappa shape index (κ3) is 3.42. The number of carbonyl (C=O) groups excluding carboxylic acids is 1. The second-order valence-electron chi connectivity index (χ2n) is 5.21. The Bertz CT molecular complexity index is 959. The first-order valence-corrected chi connectivity index (χ1v) is 8.57. The summed E-state index contributed by atoms with van der Waals surface area (Å²) < 4.78 is 5.11. The Morgan fingerprint density at radius 1 is 1.16 bits per heavy atom. The van der Waals surface area contributed by atoms with Crippen LogP contribution in [0.15, 0.2) is 42.5 Å². The molecule has 1 aromatic carbocycles. The van der Waals surface area contributed by atoms with E-state index in [1.165, 1.54) is 17.4 Å². The number of rotatable bonds is 4. The van der Waals surface area contributed by atoms with E-state index < -0.39 is 5.97 Å². The highest BCUT2D eigenvalue weighted by Crippen LogP contribution is 2.34. The molecule has 3 rings (SSSR count). The Labute approximate surface area is 149 Å². The molecule has 0 unspecified atom stereocenters. The fourth-order valence-electron chi connectivity index (χ4n) is 2.40. The highest BCUT2D eigenvalue weighted by Gasteiger charge is 2.21. The van der Waals surface area contributed by atoms with E-state index in [4.69, 9.17) is 10.00 Å². The van der Waals surface area contributed by atoms with Gasteiger partial charge in [0.05, 0.1) is 12.2 Å². The average Bonchev–Trinajstić information content (AvgIpc) is 3.03. The number of benzene rings is 1. The van der Waals surface area contributed by atoms with E-state index in [0.29, 0.717) is 17.0 Å². The summed E-state index contributed by atoms with van der Waals surface area (Å²) in [4.78, 5) is 22.2. The molecule has 25 heavy (non-hydrogen) atoms. The van der Waals surface area contributed by atoms with Crippen molar-refractivity contribution < 1.29 is 9.53 Å². The van der Waals surface area contributed by atoms with Crippen LogP contribution in [0, 0.1) is 18.3 Å². The number of pyridine rings is 1. The van der Waals surface area contributed by atoms with Crippen LogP contribution >= 0.6 is 11.3 Å². The third-order valence-corrected chi connectivity index (χ3v) is 4.57. The van der Waals surface area contributed by atoms with Crippen LogP contribution in [0.4, 0.5) is 0 Å². The Hall–Kier alpha value is -3.04. The van der Waals surface area contributed by atoms with Crippen LogP contribution in [0.2, 0.25) is 0 Å². The molecule has 2 heterocycles. The summed E-state index contributed by atoms with van der Waals surface area (Å²) in [6, 6.07) is 14.9. The molecule has 0 aliphatic rings. The monoisotopic (exact) mass is 349 g/mol. The molecule has 5 nitrogen and oxygen atoms in total. The van der Waals surface area contributed by atoms with E-state index in [2.05, 4.69) is 9.97 Å². The SMILES string of the molecule is CCOC(=O)c1ccc(C#N)nc1-c1nc(-c2ccccc2)sc1C. The highest BCUT2D eigenvalue weighted by atomic mass is 32.1. The average molecular weight is 349 g/mol. The van der Waals surface area contributed by atoms with Crippen LogP contribution in [0.5, 0.6) is 0 Å². The molecule has 0 saturated heterocycles. The summed E-state index contributed by atoms with van der Waals surface area (Å²) in [5.41, 5.74) is 2.53. The molecule has 124 valence electrons. The molecule has 0 aliphatic heterocycles. The second-order valence-corrected chi connectivity index (χ2v) is 6.42. The topological polar surface area (TPSA) is 75.9 Å². The maximum Gasteiger partial charge on any atom is 0.340 e. The molecule has 0 atom stereocenters. The third-order valence-electron chi connectivity index (χ3n) is 3.55. The number of hydrogen-bond acceptors (Lipinski definition) is 6. The van der Waals surface area contributed by atoms with E-state index in [0.717, 1.165) is 15.4 Å². The van der Waals surface area contributed by atoms with Gasteiger partial charge in [-0.2, -0.15) is 5.26 Å². The van der Waals surface area contributed by atoms with Crippen LogP contribution in [0.1, 0.15) is 27.9 Å². The molecule has 3 aromatic rings. The fourth-order valence-corrected chi connectivity index (χ4v) is 3.32. The molecule has 0 amide bonds. The largest absolute Gasteiger partial charge is 0.462 e. The smallest absolute Gasteiger partial charge is 0.340 e. The number of ether oxygens (including phenoxy) is 1. The van der Waals surface area contributed by atoms with Gasteiger partial charge in [-0.3, -0.25) is 0 Å². The Balaban J connectivity index is 2.14. The maximum absolute atomic E-state index is 12.3. The highest BCUT2D eigenvalue weighted by molar-refractivity contribution is 7.15. The van der Waals surface area contributed by atoms with Crippen molar-refractivity contribution in [2.45, 2.75) is 13.8 Å². The molecule has 0 spiro atoms. The zero-order valence-corrected chi connectivity index (χ0v) is 14.6. The summed E-state index contributed by atoms with van der Waals surface area (Å²) in [5.74, 6) is -0.469. The van der Waals surface area contributed by atoms with Crippen molar-refractivity contribution >= 4 is 17.3 Å². The summed E-state index contributed by atoms with van der Waals surface area (Å²) in [6.07, 6.45) is 0. The van der Waals surface area contributed by atoms with E-state index in [-0.39, 0.29) is 12.3 Å². The lowest BCUT2D eigenvalue weighted by Gasteiger charge is -2.07. The Morgan fingerprint density at radius 2 is 1.92 bits per heavy atom. The van der Waals surface area contributed by atoms with Crippen molar-refractivity contribution in [1.82, 2.24) is 9.97 Å². The molecule has 0 N–H and O–H groups in total.